The summed E-state index contributed by atoms with van der Waals surface area (Å²) in [6.45, 7) is 3.49. The van der Waals surface area contributed by atoms with E-state index in [1.165, 1.54) is 11.3 Å². The van der Waals surface area contributed by atoms with Crippen molar-refractivity contribution in [2.75, 3.05) is 5.32 Å². The van der Waals surface area contributed by atoms with Gasteiger partial charge in [-0.3, -0.25) is 14.9 Å². The van der Waals surface area contributed by atoms with Crippen molar-refractivity contribution in [3.8, 4) is 5.75 Å². The molecule has 0 aliphatic heterocycles. The van der Waals surface area contributed by atoms with Gasteiger partial charge in [-0.25, -0.2) is 4.98 Å². The largest absolute Gasteiger partial charge is 0.481 e. The molecule has 0 saturated carbocycles. The molecule has 1 atom stereocenters. The summed E-state index contributed by atoms with van der Waals surface area (Å²) in [6, 6.07) is 5.18. The maximum Gasteiger partial charge on any atom is 0.266 e. The van der Waals surface area contributed by atoms with Gasteiger partial charge in [0.05, 0.1) is 12.1 Å². The first-order valence-electron chi connectivity index (χ1n) is 6.81. The van der Waals surface area contributed by atoms with Gasteiger partial charge in [0.1, 0.15) is 5.75 Å². The van der Waals surface area contributed by atoms with Gasteiger partial charge in [-0.15, -0.1) is 11.3 Å². The smallest absolute Gasteiger partial charge is 0.266 e. The Bertz CT molecular complexity index is 733. The van der Waals surface area contributed by atoms with Gasteiger partial charge >= 0.3 is 0 Å². The first-order valence-corrected chi connectivity index (χ1v) is 8.07. The fourth-order valence-corrected chi connectivity index (χ4v) is 2.76. The Morgan fingerprint density at radius 3 is 2.87 bits per heavy atom. The number of halogens is 1. The fourth-order valence-electron chi connectivity index (χ4n) is 1.82. The lowest BCUT2D eigenvalue weighted by Crippen LogP contribution is -2.30. The van der Waals surface area contributed by atoms with Crippen molar-refractivity contribution in [1.82, 2.24) is 4.98 Å². The average Bonchev–Trinajstić information content (AvgIpc) is 2.88. The molecule has 0 aliphatic rings. The van der Waals surface area contributed by atoms with Crippen LogP contribution >= 0.6 is 22.9 Å². The molecule has 122 valence electrons. The molecule has 1 unspecified atom stereocenters. The van der Waals surface area contributed by atoms with E-state index in [9.17, 15) is 9.59 Å². The highest BCUT2D eigenvalue weighted by Gasteiger charge is 2.17. The minimum Gasteiger partial charge on any atom is -0.481 e. The molecule has 2 rings (SSSR count). The fraction of sp³-hybridized carbons (Fsp3) is 0.267. The molecule has 1 aromatic carbocycles. The van der Waals surface area contributed by atoms with Crippen LogP contribution in [0.4, 0.5) is 5.13 Å². The maximum absolute atomic E-state index is 12.1. The molecule has 6 nitrogen and oxygen atoms in total. The number of ether oxygens (including phenoxy) is 1. The van der Waals surface area contributed by atoms with Gasteiger partial charge in [0, 0.05) is 10.4 Å². The number of amides is 2. The van der Waals surface area contributed by atoms with Crippen molar-refractivity contribution in [2.45, 2.75) is 26.4 Å². The highest BCUT2D eigenvalue weighted by Crippen LogP contribution is 2.23. The number of aromatic nitrogens is 1. The SMILES string of the molecule is Cc1cc(Cl)ccc1OC(C)C(=O)Nc1nc(CC(N)=O)cs1. The molecule has 0 aliphatic carbocycles. The average molecular weight is 354 g/mol. The highest BCUT2D eigenvalue weighted by atomic mass is 35.5. The van der Waals surface area contributed by atoms with Crippen LogP contribution in [0, 0.1) is 6.92 Å². The lowest BCUT2D eigenvalue weighted by molar-refractivity contribution is -0.122. The third-order valence-corrected chi connectivity index (χ3v) is 3.99. The van der Waals surface area contributed by atoms with E-state index in [1.807, 2.05) is 6.92 Å². The van der Waals surface area contributed by atoms with Gasteiger partial charge in [0.25, 0.3) is 5.91 Å². The second kappa shape index (κ2) is 7.43. The Balaban J connectivity index is 1.97. The van der Waals surface area contributed by atoms with Crippen LogP contribution in [0.3, 0.4) is 0 Å². The zero-order valence-electron chi connectivity index (χ0n) is 12.6. The van der Waals surface area contributed by atoms with Crippen LogP contribution in [-0.4, -0.2) is 22.9 Å². The van der Waals surface area contributed by atoms with Crippen molar-refractivity contribution in [2.24, 2.45) is 5.73 Å². The van der Waals surface area contributed by atoms with E-state index in [0.29, 0.717) is 21.6 Å². The van der Waals surface area contributed by atoms with Gasteiger partial charge in [0.15, 0.2) is 11.2 Å². The lowest BCUT2D eigenvalue weighted by atomic mass is 10.2. The number of carbonyl (C=O) groups excluding carboxylic acids is 2. The summed E-state index contributed by atoms with van der Waals surface area (Å²) in [6.07, 6.45) is -0.666. The molecule has 1 aromatic heterocycles. The molecule has 2 aromatic rings. The molecule has 2 amide bonds. The van der Waals surface area contributed by atoms with Crippen molar-refractivity contribution in [3.05, 3.63) is 39.9 Å². The number of nitrogens with two attached hydrogens (primary N) is 1. The molecule has 0 saturated heterocycles. The van der Waals surface area contributed by atoms with Gasteiger partial charge < -0.3 is 10.5 Å². The second-order valence-electron chi connectivity index (χ2n) is 4.95. The quantitative estimate of drug-likeness (QED) is 0.834. The van der Waals surface area contributed by atoms with Gasteiger partial charge in [-0.2, -0.15) is 0 Å². The molecular weight excluding hydrogens is 338 g/mol. The summed E-state index contributed by atoms with van der Waals surface area (Å²) in [7, 11) is 0. The number of hydrogen-bond donors (Lipinski definition) is 2. The van der Waals surface area contributed by atoms with Crippen LogP contribution in [0.5, 0.6) is 5.75 Å². The van der Waals surface area contributed by atoms with Gasteiger partial charge in [-0.1, -0.05) is 11.6 Å². The highest BCUT2D eigenvalue weighted by molar-refractivity contribution is 7.13. The normalized spacial score (nSPS) is 11.8. The van der Waals surface area contributed by atoms with Gasteiger partial charge in [-0.05, 0) is 37.6 Å². The van der Waals surface area contributed by atoms with E-state index in [2.05, 4.69) is 10.3 Å². The minimum atomic E-state index is -0.710. The van der Waals surface area contributed by atoms with E-state index in [0.717, 1.165) is 5.56 Å². The molecule has 0 bridgehead atoms. The summed E-state index contributed by atoms with van der Waals surface area (Å²) >= 11 is 7.11. The Morgan fingerprint density at radius 1 is 1.48 bits per heavy atom. The first kappa shape index (κ1) is 17.2. The Morgan fingerprint density at radius 2 is 2.22 bits per heavy atom. The monoisotopic (exact) mass is 353 g/mol. The van der Waals surface area contributed by atoms with Crippen LogP contribution < -0.4 is 15.8 Å². The number of benzene rings is 1. The summed E-state index contributed by atoms with van der Waals surface area (Å²) in [4.78, 5) is 27.1. The Labute approximate surface area is 142 Å². The number of carbonyl (C=O) groups is 2. The van der Waals surface area contributed by atoms with Crippen LogP contribution in [0.1, 0.15) is 18.2 Å². The lowest BCUT2D eigenvalue weighted by Gasteiger charge is -2.15. The topological polar surface area (TPSA) is 94.3 Å². The number of thiazole rings is 1. The number of nitrogens with zero attached hydrogens (tertiary/aromatic N) is 1. The molecule has 3 N–H and O–H groups in total. The van der Waals surface area contributed by atoms with E-state index in [-0.39, 0.29) is 12.3 Å². The number of nitrogens with one attached hydrogen (secondary N) is 1. The number of rotatable bonds is 6. The molecule has 8 heteroatoms. The summed E-state index contributed by atoms with van der Waals surface area (Å²) in [5.74, 6) is -0.215. The molecule has 0 spiro atoms. The third kappa shape index (κ3) is 4.94. The minimum absolute atomic E-state index is 0.0440. The zero-order valence-corrected chi connectivity index (χ0v) is 14.2. The first-order chi connectivity index (χ1) is 10.8. The van der Waals surface area contributed by atoms with E-state index in [4.69, 9.17) is 22.1 Å². The summed E-state index contributed by atoms with van der Waals surface area (Å²) in [5.41, 5.74) is 6.47. The van der Waals surface area contributed by atoms with Crippen LogP contribution in [-0.2, 0) is 16.0 Å². The number of primary amides is 1. The Kier molecular flexibility index (Phi) is 5.57. The number of anilines is 1. The maximum atomic E-state index is 12.1. The number of aryl methyl sites for hydroxylation is 1. The molecule has 0 fully saturated rings. The van der Waals surface area contributed by atoms with Crippen molar-refractivity contribution >= 4 is 39.9 Å². The Hall–Kier alpha value is -2.12. The van der Waals surface area contributed by atoms with E-state index < -0.39 is 12.0 Å². The van der Waals surface area contributed by atoms with Crippen LogP contribution in [0.2, 0.25) is 5.02 Å². The van der Waals surface area contributed by atoms with E-state index in [1.54, 1.807) is 30.5 Å². The molecule has 1 heterocycles. The summed E-state index contributed by atoms with van der Waals surface area (Å²) in [5, 5.41) is 5.33. The third-order valence-electron chi connectivity index (χ3n) is 2.95. The van der Waals surface area contributed by atoms with Crippen molar-refractivity contribution in [3.63, 3.8) is 0 Å². The number of hydrogen-bond acceptors (Lipinski definition) is 5. The van der Waals surface area contributed by atoms with E-state index >= 15 is 0 Å². The van der Waals surface area contributed by atoms with Crippen LogP contribution in [0.15, 0.2) is 23.6 Å². The summed E-state index contributed by atoms with van der Waals surface area (Å²) < 4.78 is 5.64. The van der Waals surface area contributed by atoms with Crippen molar-refractivity contribution in [1.29, 1.82) is 0 Å². The van der Waals surface area contributed by atoms with Crippen molar-refractivity contribution < 1.29 is 14.3 Å². The molecule has 0 radical (unpaired) electrons. The zero-order chi connectivity index (χ0) is 17.0. The van der Waals surface area contributed by atoms with Gasteiger partial charge in [0.2, 0.25) is 5.91 Å². The predicted molar refractivity (Wildman–Crippen MR) is 89.9 cm³/mol. The standard InChI is InChI=1S/C15H16ClN3O3S/c1-8-5-10(16)3-4-12(8)22-9(2)14(21)19-15-18-11(7-23-15)6-13(17)20/h3-5,7,9H,6H2,1-2H3,(H2,17,20)(H,18,19,21). The molecule has 23 heavy (non-hydrogen) atoms. The second-order valence-corrected chi connectivity index (χ2v) is 6.24. The predicted octanol–water partition coefficient (Wildman–Crippen LogP) is 2.54. The molecular formula is C15H16ClN3O3S. The van der Waals surface area contributed by atoms with Crippen LogP contribution in [0.25, 0.3) is 0 Å².